The van der Waals surface area contributed by atoms with Crippen LogP contribution in [0.25, 0.3) is 0 Å². The van der Waals surface area contributed by atoms with E-state index in [1.165, 1.54) is 6.07 Å². The van der Waals surface area contributed by atoms with Gasteiger partial charge in [0.05, 0.1) is 6.54 Å². The molecule has 0 radical (unpaired) electrons. The molecule has 2 aromatic rings. The van der Waals surface area contributed by atoms with E-state index in [1.807, 2.05) is 31.2 Å². The molecule has 0 fully saturated rings. The van der Waals surface area contributed by atoms with Crippen LogP contribution in [0.5, 0.6) is 5.75 Å². The first-order chi connectivity index (χ1) is 9.58. The first-order valence-corrected chi connectivity index (χ1v) is 7.20. The monoisotopic (exact) mass is 336 g/mol. The van der Waals surface area contributed by atoms with E-state index in [1.54, 1.807) is 16.8 Å². The maximum absolute atomic E-state index is 11.6. The number of ether oxygens (including phenoxy) is 1. The molecule has 1 aromatic carbocycles. The fourth-order valence-electron chi connectivity index (χ4n) is 1.91. The van der Waals surface area contributed by atoms with Gasteiger partial charge in [-0.3, -0.25) is 4.79 Å². The van der Waals surface area contributed by atoms with Gasteiger partial charge >= 0.3 is 0 Å². The van der Waals surface area contributed by atoms with Gasteiger partial charge in [-0.25, -0.2) is 0 Å². The van der Waals surface area contributed by atoms with Crippen molar-refractivity contribution < 1.29 is 4.74 Å². The van der Waals surface area contributed by atoms with Gasteiger partial charge in [-0.15, -0.1) is 0 Å². The molecule has 1 aromatic heterocycles. The van der Waals surface area contributed by atoms with E-state index in [2.05, 4.69) is 15.9 Å². The van der Waals surface area contributed by atoms with E-state index in [9.17, 15) is 4.79 Å². The summed E-state index contributed by atoms with van der Waals surface area (Å²) in [7, 11) is 0. The summed E-state index contributed by atoms with van der Waals surface area (Å²) in [4.78, 5) is 11.6. The van der Waals surface area contributed by atoms with Crippen LogP contribution < -0.4 is 16.0 Å². The maximum Gasteiger partial charge on any atom is 0.250 e. The van der Waals surface area contributed by atoms with Crippen molar-refractivity contribution in [2.75, 3.05) is 6.61 Å². The molecule has 2 rings (SSSR count). The number of pyridine rings is 1. The molecular weight excluding hydrogens is 320 g/mol. The zero-order chi connectivity index (χ0) is 14.5. The highest BCUT2D eigenvalue weighted by atomic mass is 79.9. The Morgan fingerprint density at radius 2 is 2.15 bits per heavy atom. The molecule has 2 N–H and O–H groups in total. The lowest BCUT2D eigenvalue weighted by Gasteiger charge is -2.15. The van der Waals surface area contributed by atoms with Crippen molar-refractivity contribution in [3.8, 4) is 5.75 Å². The van der Waals surface area contributed by atoms with Gasteiger partial charge in [0.25, 0.3) is 5.56 Å². The van der Waals surface area contributed by atoms with Gasteiger partial charge in [-0.2, -0.15) is 0 Å². The molecule has 0 aliphatic rings. The minimum absolute atomic E-state index is 0.0284. The van der Waals surface area contributed by atoms with Gasteiger partial charge in [0.15, 0.2) is 0 Å². The molecule has 0 amide bonds. The molecule has 1 atom stereocenters. The molecule has 20 heavy (non-hydrogen) atoms. The molecule has 1 heterocycles. The van der Waals surface area contributed by atoms with Crippen LogP contribution in [0, 0.1) is 0 Å². The molecule has 5 heteroatoms. The Balaban J connectivity index is 2.05. The minimum atomic E-state index is -0.109. The lowest BCUT2D eigenvalue weighted by Crippen LogP contribution is -2.21. The molecule has 106 valence electrons. The summed E-state index contributed by atoms with van der Waals surface area (Å²) in [6, 6.07) is 10.7. The Bertz CT molecular complexity index is 638. The van der Waals surface area contributed by atoms with Crippen molar-refractivity contribution in [3.63, 3.8) is 0 Å². The van der Waals surface area contributed by atoms with Crippen molar-refractivity contribution in [2.45, 2.75) is 19.5 Å². The van der Waals surface area contributed by atoms with Crippen molar-refractivity contribution in [3.05, 3.63) is 63.0 Å². The predicted molar refractivity (Wildman–Crippen MR) is 82.9 cm³/mol. The minimum Gasteiger partial charge on any atom is -0.491 e. The molecule has 0 spiro atoms. The van der Waals surface area contributed by atoms with E-state index < -0.39 is 0 Å². The Hall–Kier alpha value is -1.59. The number of rotatable bonds is 5. The van der Waals surface area contributed by atoms with E-state index in [0.29, 0.717) is 13.2 Å². The SMILES string of the molecule is C[C@H](N)c1cc(Br)ccc1OCCn1ccccc1=O. The van der Waals surface area contributed by atoms with Crippen LogP contribution in [0.4, 0.5) is 0 Å². The maximum atomic E-state index is 11.6. The third-order valence-electron chi connectivity index (χ3n) is 2.95. The third-order valence-corrected chi connectivity index (χ3v) is 3.44. The standard InChI is InChI=1S/C15H17BrN2O2/c1-11(17)13-10-12(16)5-6-14(13)20-9-8-18-7-3-2-4-15(18)19/h2-7,10-11H,8-9,17H2,1H3/t11-/m0/s1. The molecule has 0 saturated heterocycles. The van der Waals surface area contributed by atoms with Crippen molar-refractivity contribution in [2.24, 2.45) is 5.73 Å². The molecule has 4 nitrogen and oxygen atoms in total. The fraction of sp³-hybridized carbons (Fsp3) is 0.267. The first-order valence-electron chi connectivity index (χ1n) is 6.41. The smallest absolute Gasteiger partial charge is 0.250 e. The van der Waals surface area contributed by atoms with Gasteiger partial charge in [0.2, 0.25) is 0 Å². The number of nitrogens with zero attached hydrogens (tertiary/aromatic N) is 1. The van der Waals surface area contributed by atoms with Crippen molar-refractivity contribution in [1.82, 2.24) is 4.57 Å². The van der Waals surface area contributed by atoms with E-state index in [4.69, 9.17) is 10.5 Å². The average Bonchev–Trinajstić information content (AvgIpc) is 2.42. The normalized spacial score (nSPS) is 12.2. The summed E-state index contributed by atoms with van der Waals surface area (Å²) in [5.74, 6) is 0.757. The van der Waals surface area contributed by atoms with Crippen LogP contribution in [-0.2, 0) is 6.54 Å². The largest absolute Gasteiger partial charge is 0.491 e. The Labute approximate surface area is 126 Å². The van der Waals surface area contributed by atoms with Gasteiger partial charge in [0.1, 0.15) is 12.4 Å². The average molecular weight is 337 g/mol. The number of aromatic nitrogens is 1. The summed E-state index contributed by atoms with van der Waals surface area (Å²) in [5.41, 5.74) is 6.85. The van der Waals surface area contributed by atoms with Gasteiger partial charge in [-0.05, 0) is 31.2 Å². The highest BCUT2D eigenvalue weighted by Crippen LogP contribution is 2.27. The molecule has 0 bridgehead atoms. The number of hydrogen-bond donors (Lipinski definition) is 1. The summed E-state index contributed by atoms with van der Waals surface area (Å²) < 4.78 is 8.34. The second-order valence-corrected chi connectivity index (χ2v) is 5.47. The van der Waals surface area contributed by atoms with Crippen LogP contribution in [0.2, 0.25) is 0 Å². The molecule has 0 aliphatic carbocycles. The van der Waals surface area contributed by atoms with Crippen molar-refractivity contribution >= 4 is 15.9 Å². The Morgan fingerprint density at radius 1 is 1.35 bits per heavy atom. The first kappa shape index (κ1) is 14.8. The lowest BCUT2D eigenvalue weighted by molar-refractivity contribution is 0.292. The zero-order valence-corrected chi connectivity index (χ0v) is 12.8. The van der Waals surface area contributed by atoms with Crippen LogP contribution in [0.15, 0.2) is 51.9 Å². The quantitative estimate of drug-likeness (QED) is 0.913. The van der Waals surface area contributed by atoms with Crippen molar-refractivity contribution in [1.29, 1.82) is 0 Å². The number of halogens is 1. The van der Waals surface area contributed by atoms with Gasteiger partial charge in [-0.1, -0.05) is 22.0 Å². The Kier molecular flexibility index (Phi) is 4.98. The summed E-state index contributed by atoms with van der Waals surface area (Å²) in [6.45, 7) is 2.84. The van der Waals surface area contributed by atoms with Crippen LogP contribution in [0.3, 0.4) is 0 Å². The van der Waals surface area contributed by atoms with Crippen LogP contribution in [0.1, 0.15) is 18.5 Å². The van der Waals surface area contributed by atoms with E-state index in [0.717, 1.165) is 15.8 Å². The highest BCUT2D eigenvalue weighted by Gasteiger charge is 2.08. The van der Waals surface area contributed by atoms with Gasteiger partial charge in [0, 0.05) is 28.3 Å². The molecular formula is C15H17BrN2O2. The molecule has 0 saturated carbocycles. The number of hydrogen-bond acceptors (Lipinski definition) is 3. The van der Waals surface area contributed by atoms with Gasteiger partial charge < -0.3 is 15.0 Å². The highest BCUT2D eigenvalue weighted by molar-refractivity contribution is 9.10. The topological polar surface area (TPSA) is 57.2 Å². The lowest BCUT2D eigenvalue weighted by atomic mass is 10.1. The van der Waals surface area contributed by atoms with E-state index >= 15 is 0 Å². The third kappa shape index (κ3) is 3.71. The molecule has 0 aliphatic heterocycles. The Morgan fingerprint density at radius 3 is 2.85 bits per heavy atom. The summed E-state index contributed by atoms with van der Waals surface area (Å²) in [6.07, 6.45) is 1.75. The fourth-order valence-corrected chi connectivity index (χ4v) is 2.28. The predicted octanol–water partition coefficient (Wildman–Crippen LogP) is 2.71. The summed E-state index contributed by atoms with van der Waals surface area (Å²) >= 11 is 3.42. The number of benzene rings is 1. The van der Waals surface area contributed by atoms with E-state index in [-0.39, 0.29) is 11.6 Å². The second kappa shape index (κ2) is 6.72. The van der Waals surface area contributed by atoms with Crippen LogP contribution >= 0.6 is 15.9 Å². The molecule has 0 unspecified atom stereocenters. The summed E-state index contributed by atoms with van der Waals surface area (Å²) in [5, 5.41) is 0. The second-order valence-electron chi connectivity index (χ2n) is 4.55. The van der Waals surface area contributed by atoms with Crippen LogP contribution in [-0.4, -0.2) is 11.2 Å². The zero-order valence-electron chi connectivity index (χ0n) is 11.3. The number of nitrogens with two attached hydrogens (primary N) is 1.